The van der Waals surface area contributed by atoms with Crippen LogP contribution in [0.1, 0.15) is 67.6 Å². The van der Waals surface area contributed by atoms with Gasteiger partial charge in [-0.1, -0.05) is 25.1 Å². The molecule has 0 spiro atoms. The van der Waals surface area contributed by atoms with E-state index in [0.29, 0.717) is 95.3 Å². The summed E-state index contributed by atoms with van der Waals surface area (Å²) in [6, 6.07) is 14.7. The molecular weight excluding hydrogens is 594 g/mol. The number of likely N-dealkylation sites (N-methyl/N-ethyl adjacent to an activating group) is 1. The number of aryl methyl sites for hydroxylation is 1. The number of nitrogens with zero attached hydrogens (tertiary/aromatic N) is 1. The zero-order valence-electron chi connectivity index (χ0n) is 28.4. The normalized spacial score (nSPS) is 26.4. The topological polar surface area (TPSA) is 89.9 Å². The molecular formula is C39H55NO7. The predicted octanol–water partition coefficient (Wildman–Crippen LogP) is 5.40. The summed E-state index contributed by atoms with van der Waals surface area (Å²) in [5, 5.41) is 21.3. The van der Waals surface area contributed by atoms with Crippen LogP contribution in [0.15, 0.2) is 42.5 Å². The summed E-state index contributed by atoms with van der Waals surface area (Å²) in [5.41, 5.74) is 3.95. The number of fused-ring (bicyclic) bond motifs is 5. The van der Waals surface area contributed by atoms with Crippen molar-refractivity contribution < 1.29 is 33.9 Å². The van der Waals surface area contributed by atoms with Gasteiger partial charge in [0, 0.05) is 19.5 Å². The quantitative estimate of drug-likeness (QED) is 0.155. The highest BCUT2D eigenvalue weighted by atomic mass is 16.6. The Bertz CT molecular complexity index is 1280. The molecule has 0 aliphatic heterocycles. The van der Waals surface area contributed by atoms with E-state index in [4.69, 9.17) is 30.1 Å². The number of phenols is 1. The summed E-state index contributed by atoms with van der Waals surface area (Å²) in [5.74, 6) is 5.60. The monoisotopic (exact) mass is 649 g/mol. The third-order valence-electron chi connectivity index (χ3n) is 10.8. The predicted molar refractivity (Wildman–Crippen MR) is 183 cm³/mol. The number of ether oxygens (including phenoxy) is 5. The minimum Gasteiger partial charge on any atom is -0.508 e. The van der Waals surface area contributed by atoms with Crippen molar-refractivity contribution in [2.75, 3.05) is 79.6 Å². The van der Waals surface area contributed by atoms with Crippen LogP contribution < -0.4 is 4.74 Å². The molecule has 6 atom stereocenters. The lowest BCUT2D eigenvalue weighted by Gasteiger charge is -2.54. The number of aromatic hydroxyl groups is 1. The first-order chi connectivity index (χ1) is 22.9. The van der Waals surface area contributed by atoms with Crippen LogP contribution in [0.3, 0.4) is 0 Å². The van der Waals surface area contributed by atoms with Gasteiger partial charge in [-0.05, 0) is 109 Å². The first kappa shape index (κ1) is 35.7. The van der Waals surface area contributed by atoms with Gasteiger partial charge in [-0.2, -0.15) is 0 Å². The molecule has 3 unspecified atom stereocenters. The Hall–Kier alpha value is -2.64. The molecule has 8 heteroatoms. The van der Waals surface area contributed by atoms with Gasteiger partial charge >= 0.3 is 0 Å². The summed E-state index contributed by atoms with van der Waals surface area (Å²) in [6.07, 6.45) is 10.7. The molecule has 0 saturated heterocycles. The fourth-order valence-electron chi connectivity index (χ4n) is 8.35. The van der Waals surface area contributed by atoms with Crippen LogP contribution in [-0.2, 0) is 25.4 Å². The highest BCUT2D eigenvalue weighted by Crippen LogP contribution is 2.65. The number of phenolic OH excluding ortho intramolecular Hbond substituents is 1. The van der Waals surface area contributed by atoms with E-state index in [1.165, 1.54) is 16.7 Å². The smallest absolute Gasteiger partial charge is 0.119 e. The molecule has 2 aromatic rings. The van der Waals surface area contributed by atoms with Crippen molar-refractivity contribution in [3.8, 4) is 23.8 Å². The molecule has 8 nitrogen and oxygen atoms in total. The average molecular weight is 650 g/mol. The third-order valence-corrected chi connectivity index (χ3v) is 10.8. The Morgan fingerprint density at radius 1 is 0.851 bits per heavy atom. The van der Waals surface area contributed by atoms with Crippen LogP contribution in [-0.4, -0.2) is 101 Å². The van der Waals surface area contributed by atoms with E-state index in [-0.39, 0.29) is 11.5 Å². The molecule has 0 aromatic heterocycles. The van der Waals surface area contributed by atoms with E-state index >= 15 is 0 Å². The van der Waals surface area contributed by atoms with Gasteiger partial charge in [0.1, 0.15) is 18.1 Å². The molecule has 2 aromatic carbocycles. The molecule has 2 N–H and O–H groups in total. The Morgan fingerprint density at radius 3 is 2.21 bits per heavy atom. The van der Waals surface area contributed by atoms with Crippen LogP contribution in [0, 0.1) is 29.6 Å². The molecule has 0 amide bonds. The van der Waals surface area contributed by atoms with E-state index in [2.05, 4.69) is 55.1 Å². The first-order valence-electron chi connectivity index (χ1n) is 17.6. The van der Waals surface area contributed by atoms with E-state index in [1.54, 1.807) is 0 Å². The van der Waals surface area contributed by atoms with Gasteiger partial charge in [0.25, 0.3) is 0 Å². The van der Waals surface area contributed by atoms with Crippen molar-refractivity contribution in [2.24, 2.45) is 17.3 Å². The molecule has 3 aliphatic rings. The fraction of sp³-hybridized carbons (Fsp3) is 0.641. The average Bonchev–Trinajstić information content (AvgIpc) is 3.38. The fourth-order valence-corrected chi connectivity index (χ4v) is 8.35. The molecule has 0 radical (unpaired) electrons. The van der Waals surface area contributed by atoms with Crippen LogP contribution >= 0.6 is 0 Å². The lowest BCUT2D eigenvalue weighted by molar-refractivity contribution is -0.0323. The number of hydrogen-bond acceptors (Lipinski definition) is 8. The zero-order chi connectivity index (χ0) is 33.1. The third kappa shape index (κ3) is 9.29. The van der Waals surface area contributed by atoms with Crippen molar-refractivity contribution in [2.45, 2.75) is 63.4 Å². The maximum Gasteiger partial charge on any atom is 0.119 e. The van der Waals surface area contributed by atoms with Gasteiger partial charge in [-0.15, -0.1) is 12.3 Å². The molecule has 2 fully saturated rings. The Balaban J connectivity index is 1.01. The van der Waals surface area contributed by atoms with Gasteiger partial charge in [0.05, 0.1) is 59.0 Å². The van der Waals surface area contributed by atoms with Gasteiger partial charge in [0.2, 0.25) is 0 Å². The lowest BCUT2D eigenvalue weighted by atomic mass is 9.51. The van der Waals surface area contributed by atoms with Gasteiger partial charge in [0.15, 0.2) is 0 Å². The number of rotatable bonds is 19. The minimum atomic E-state index is -0.234. The SMILES string of the molecule is C#CCCOCCOCCOCCOCCN(C)CCOc1ccc([C@H]2C[C@@]3(C)C(CC[C@@H]3O)C3CCc4cc(O)ccc4C32)cc1. The minimum absolute atomic E-state index is 0.0510. The van der Waals surface area contributed by atoms with Crippen LogP contribution in [0.2, 0.25) is 0 Å². The molecule has 47 heavy (non-hydrogen) atoms. The summed E-state index contributed by atoms with van der Waals surface area (Å²) in [7, 11) is 2.08. The molecule has 0 heterocycles. The summed E-state index contributed by atoms with van der Waals surface area (Å²) in [4.78, 5) is 2.21. The molecule has 258 valence electrons. The van der Waals surface area contributed by atoms with Crippen molar-refractivity contribution >= 4 is 0 Å². The second-order valence-electron chi connectivity index (χ2n) is 13.8. The second kappa shape index (κ2) is 17.7. The molecule has 2 saturated carbocycles. The van der Waals surface area contributed by atoms with Gasteiger partial charge < -0.3 is 38.8 Å². The standard InChI is InChI=1S/C39H55NO7/c1-4-5-18-43-21-23-45-25-26-46-24-22-44-19-16-40(3)17-20-47-32-10-6-29(7-11-32)35-28-39(2)36(14-15-37(39)42)34-12-8-30-27-31(41)9-13-33(30)38(34)35/h1,6-7,9-11,13,27,34-38,41-42H,5,8,12,14-26,28H2,2-3H3/t34?,35-,36?,37+,38?,39+/m1/s1. The highest BCUT2D eigenvalue weighted by Gasteiger charge is 2.57. The first-order valence-corrected chi connectivity index (χ1v) is 17.6. The lowest BCUT2D eigenvalue weighted by Crippen LogP contribution is -2.47. The maximum absolute atomic E-state index is 11.1. The second-order valence-corrected chi connectivity index (χ2v) is 13.8. The number of terminal acetylenes is 1. The number of aliphatic hydroxyl groups excluding tert-OH is 1. The Labute approximate surface area is 281 Å². The van der Waals surface area contributed by atoms with E-state index < -0.39 is 0 Å². The molecule has 5 rings (SSSR count). The highest BCUT2D eigenvalue weighted by molar-refractivity contribution is 5.43. The van der Waals surface area contributed by atoms with Crippen molar-refractivity contribution in [1.29, 1.82) is 0 Å². The number of hydrogen-bond donors (Lipinski definition) is 2. The van der Waals surface area contributed by atoms with Crippen molar-refractivity contribution in [1.82, 2.24) is 4.90 Å². The number of aliphatic hydroxyl groups is 1. The maximum atomic E-state index is 11.1. The van der Waals surface area contributed by atoms with Crippen LogP contribution in [0.4, 0.5) is 0 Å². The molecule has 3 aliphatic carbocycles. The van der Waals surface area contributed by atoms with Crippen molar-refractivity contribution in [3.05, 3.63) is 59.2 Å². The van der Waals surface area contributed by atoms with E-state index in [9.17, 15) is 10.2 Å². The largest absolute Gasteiger partial charge is 0.508 e. The molecule has 0 bridgehead atoms. The van der Waals surface area contributed by atoms with E-state index in [1.807, 2.05) is 12.1 Å². The summed E-state index contributed by atoms with van der Waals surface area (Å²) in [6.45, 7) is 9.04. The van der Waals surface area contributed by atoms with Crippen LogP contribution in [0.5, 0.6) is 11.5 Å². The number of benzene rings is 2. The van der Waals surface area contributed by atoms with E-state index in [0.717, 1.165) is 50.9 Å². The zero-order valence-corrected chi connectivity index (χ0v) is 28.4. The van der Waals surface area contributed by atoms with Gasteiger partial charge in [-0.3, -0.25) is 0 Å². The summed E-state index contributed by atoms with van der Waals surface area (Å²) < 4.78 is 28.2. The Kier molecular flexibility index (Phi) is 13.4. The van der Waals surface area contributed by atoms with Gasteiger partial charge in [-0.25, -0.2) is 0 Å². The Morgan fingerprint density at radius 2 is 1.51 bits per heavy atom. The van der Waals surface area contributed by atoms with Crippen molar-refractivity contribution in [3.63, 3.8) is 0 Å². The van der Waals surface area contributed by atoms with Crippen LogP contribution in [0.25, 0.3) is 0 Å². The summed E-state index contributed by atoms with van der Waals surface area (Å²) >= 11 is 0.